The summed E-state index contributed by atoms with van der Waals surface area (Å²) in [6.07, 6.45) is 0. The van der Waals surface area contributed by atoms with Gasteiger partial charge in [-0.05, 0) is 18.9 Å². The standard InChI is InChI=1S/C13H15FN2O6S/c1-7-5-15(6-10(7)13(17)18)23(21,22)9-3-11(14)8(2)12(4-9)16(19)20/h3-4,7,10H,5-6H2,1-2H3,(H,17,18)/t7-,10-/m1/s1. The number of sulfonamides is 1. The van der Waals surface area contributed by atoms with Crippen molar-refractivity contribution >= 4 is 21.7 Å². The first kappa shape index (κ1) is 17.3. The smallest absolute Gasteiger partial charge is 0.308 e. The highest BCUT2D eigenvalue weighted by atomic mass is 32.2. The van der Waals surface area contributed by atoms with Gasteiger partial charge in [0.1, 0.15) is 5.82 Å². The Morgan fingerprint density at radius 1 is 1.43 bits per heavy atom. The zero-order valence-electron chi connectivity index (χ0n) is 12.4. The van der Waals surface area contributed by atoms with E-state index in [1.165, 1.54) is 6.92 Å². The summed E-state index contributed by atoms with van der Waals surface area (Å²) in [6, 6.07) is 1.52. The average Bonchev–Trinajstić information content (AvgIpc) is 2.84. The quantitative estimate of drug-likeness (QED) is 0.650. The zero-order valence-corrected chi connectivity index (χ0v) is 13.2. The van der Waals surface area contributed by atoms with Gasteiger partial charge in [-0.3, -0.25) is 14.9 Å². The summed E-state index contributed by atoms with van der Waals surface area (Å²) in [6.45, 7) is 2.50. The summed E-state index contributed by atoms with van der Waals surface area (Å²) < 4.78 is 39.8. The van der Waals surface area contributed by atoms with Crippen LogP contribution in [0.2, 0.25) is 0 Å². The molecule has 1 aliphatic rings. The third-order valence-corrected chi connectivity index (χ3v) is 5.83. The highest BCUT2D eigenvalue weighted by Crippen LogP contribution is 2.31. The van der Waals surface area contributed by atoms with Crippen LogP contribution in [0.25, 0.3) is 0 Å². The predicted molar refractivity (Wildman–Crippen MR) is 76.8 cm³/mol. The number of rotatable bonds is 4. The summed E-state index contributed by atoms with van der Waals surface area (Å²) in [5.41, 5.74) is -0.891. The van der Waals surface area contributed by atoms with Gasteiger partial charge in [0.15, 0.2) is 0 Å². The zero-order chi connectivity index (χ0) is 17.5. The van der Waals surface area contributed by atoms with Crippen molar-refractivity contribution in [1.82, 2.24) is 4.31 Å². The van der Waals surface area contributed by atoms with Crippen LogP contribution in [0.4, 0.5) is 10.1 Å². The van der Waals surface area contributed by atoms with Crippen LogP contribution in [0.5, 0.6) is 0 Å². The van der Waals surface area contributed by atoms with E-state index in [9.17, 15) is 27.7 Å². The number of halogens is 1. The van der Waals surface area contributed by atoms with Crippen molar-refractivity contribution in [3.63, 3.8) is 0 Å². The first-order valence-electron chi connectivity index (χ1n) is 6.73. The van der Waals surface area contributed by atoms with E-state index in [4.69, 9.17) is 5.11 Å². The van der Waals surface area contributed by atoms with E-state index in [1.54, 1.807) is 6.92 Å². The van der Waals surface area contributed by atoms with Crippen molar-refractivity contribution in [2.75, 3.05) is 13.1 Å². The number of aliphatic carboxylic acids is 1. The lowest BCUT2D eigenvalue weighted by atomic mass is 9.99. The lowest BCUT2D eigenvalue weighted by Gasteiger charge is -2.16. The van der Waals surface area contributed by atoms with Gasteiger partial charge in [-0.25, -0.2) is 12.8 Å². The summed E-state index contributed by atoms with van der Waals surface area (Å²) in [5.74, 6) is -3.39. The molecule has 0 saturated carbocycles. The van der Waals surface area contributed by atoms with Crippen LogP contribution in [-0.2, 0) is 14.8 Å². The van der Waals surface area contributed by atoms with Gasteiger partial charge in [-0.1, -0.05) is 6.92 Å². The molecule has 8 nitrogen and oxygen atoms in total. The van der Waals surface area contributed by atoms with Gasteiger partial charge in [0.05, 0.1) is 21.3 Å². The van der Waals surface area contributed by atoms with Gasteiger partial charge in [-0.15, -0.1) is 0 Å². The summed E-state index contributed by atoms with van der Waals surface area (Å²) in [5, 5.41) is 20.0. The topological polar surface area (TPSA) is 118 Å². The van der Waals surface area contributed by atoms with E-state index in [2.05, 4.69) is 0 Å². The molecule has 1 N–H and O–H groups in total. The Hall–Kier alpha value is -2.07. The first-order chi connectivity index (χ1) is 10.6. The Morgan fingerprint density at radius 3 is 2.52 bits per heavy atom. The van der Waals surface area contributed by atoms with Crippen LogP contribution in [0.3, 0.4) is 0 Å². The van der Waals surface area contributed by atoms with Gasteiger partial charge < -0.3 is 5.11 Å². The van der Waals surface area contributed by atoms with Crippen molar-refractivity contribution in [2.24, 2.45) is 11.8 Å². The fourth-order valence-corrected chi connectivity index (χ4v) is 4.17. The molecule has 0 aliphatic carbocycles. The van der Waals surface area contributed by atoms with Crippen molar-refractivity contribution in [2.45, 2.75) is 18.7 Å². The van der Waals surface area contributed by atoms with Gasteiger partial charge in [-0.2, -0.15) is 4.31 Å². The molecule has 0 bridgehead atoms. The van der Waals surface area contributed by atoms with Gasteiger partial charge in [0.2, 0.25) is 10.0 Å². The third kappa shape index (κ3) is 3.04. The van der Waals surface area contributed by atoms with Crippen LogP contribution < -0.4 is 0 Å². The maximum absolute atomic E-state index is 13.8. The van der Waals surface area contributed by atoms with Crippen LogP contribution in [0.1, 0.15) is 12.5 Å². The Morgan fingerprint density at radius 2 is 2.04 bits per heavy atom. The minimum Gasteiger partial charge on any atom is -0.481 e. The number of hydrogen-bond donors (Lipinski definition) is 1. The molecule has 0 unspecified atom stereocenters. The number of carboxylic acids is 1. The molecule has 0 amide bonds. The third-order valence-electron chi connectivity index (χ3n) is 4.02. The number of carbonyl (C=O) groups is 1. The predicted octanol–water partition coefficient (Wildman–Crippen LogP) is 1.38. The average molecular weight is 346 g/mol. The molecule has 0 spiro atoms. The molecule has 1 heterocycles. The Labute approximate surface area is 131 Å². The minimum absolute atomic E-state index is 0.0391. The van der Waals surface area contributed by atoms with E-state index in [1.807, 2.05) is 0 Å². The molecule has 0 radical (unpaired) electrons. The summed E-state index contributed by atoms with van der Waals surface area (Å²) in [4.78, 5) is 20.6. The Balaban J connectivity index is 2.45. The van der Waals surface area contributed by atoms with E-state index in [-0.39, 0.29) is 18.7 Å². The number of nitrogens with zero attached hydrogens (tertiary/aromatic N) is 2. The molecule has 1 aromatic rings. The molecule has 1 saturated heterocycles. The molecule has 2 atom stereocenters. The minimum atomic E-state index is -4.21. The molecule has 1 aliphatic heterocycles. The molecule has 2 rings (SSSR count). The van der Waals surface area contributed by atoms with E-state index < -0.39 is 49.2 Å². The number of nitro groups is 1. The van der Waals surface area contributed by atoms with E-state index >= 15 is 0 Å². The molecule has 10 heteroatoms. The molecule has 0 aromatic heterocycles. The van der Waals surface area contributed by atoms with E-state index in [0.29, 0.717) is 0 Å². The fraction of sp³-hybridized carbons (Fsp3) is 0.462. The van der Waals surface area contributed by atoms with Crippen LogP contribution in [0.15, 0.2) is 17.0 Å². The second-order valence-corrected chi connectivity index (χ2v) is 7.49. The lowest BCUT2D eigenvalue weighted by molar-refractivity contribution is -0.385. The number of carboxylic acid groups (broad SMARTS) is 1. The second-order valence-electron chi connectivity index (χ2n) is 5.55. The SMILES string of the molecule is Cc1c(F)cc(S(=O)(=O)N2C[C@@H](C)[C@H](C(=O)O)C2)cc1[N+](=O)[O-]. The van der Waals surface area contributed by atoms with Gasteiger partial charge in [0.25, 0.3) is 5.69 Å². The van der Waals surface area contributed by atoms with Crippen LogP contribution in [-0.4, -0.2) is 41.8 Å². The fourth-order valence-electron chi connectivity index (χ4n) is 2.57. The highest BCUT2D eigenvalue weighted by molar-refractivity contribution is 7.89. The molecular formula is C13H15FN2O6S. The lowest BCUT2D eigenvalue weighted by Crippen LogP contribution is -2.30. The largest absolute Gasteiger partial charge is 0.481 e. The highest BCUT2D eigenvalue weighted by Gasteiger charge is 2.41. The maximum Gasteiger partial charge on any atom is 0.308 e. The Kier molecular flexibility index (Phi) is 4.40. The Bertz CT molecular complexity index is 779. The van der Waals surface area contributed by atoms with Crippen LogP contribution in [0, 0.1) is 34.7 Å². The number of benzene rings is 1. The monoisotopic (exact) mass is 346 g/mol. The number of nitro benzene ring substituents is 1. The first-order valence-corrected chi connectivity index (χ1v) is 8.17. The van der Waals surface area contributed by atoms with Crippen LogP contribution >= 0.6 is 0 Å². The molecular weight excluding hydrogens is 331 g/mol. The normalized spacial score (nSPS) is 22.2. The second kappa shape index (κ2) is 5.85. The van der Waals surface area contributed by atoms with Crippen molar-refractivity contribution in [3.05, 3.63) is 33.6 Å². The summed E-state index contributed by atoms with van der Waals surface area (Å²) in [7, 11) is -4.21. The van der Waals surface area contributed by atoms with Crippen molar-refractivity contribution in [3.8, 4) is 0 Å². The number of hydrogen-bond acceptors (Lipinski definition) is 5. The van der Waals surface area contributed by atoms with Gasteiger partial charge >= 0.3 is 5.97 Å². The molecule has 1 fully saturated rings. The van der Waals surface area contributed by atoms with E-state index in [0.717, 1.165) is 16.4 Å². The van der Waals surface area contributed by atoms with Gasteiger partial charge in [0, 0.05) is 19.2 Å². The maximum atomic E-state index is 13.8. The van der Waals surface area contributed by atoms with Crippen molar-refractivity contribution in [1.29, 1.82) is 0 Å². The molecule has 23 heavy (non-hydrogen) atoms. The molecule has 1 aromatic carbocycles. The summed E-state index contributed by atoms with van der Waals surface area (Å²) >= 11 is 0. The van der Waals surface area contributed by atoms with Crippen molar-refractivity contribution < 1.29 is 27.6 Å². The molecule has 126 valence electrons.